The first-order valence-electron chi connectivity index (χ1n) is 18.8. The fourth-order valence-corrected chi connectivity index (χ4v) is 7.82. The molecule has 1 amide bonds. The normalized spacial score (nSPS) is 13.9. The van der Waals surface area contributed by atoms with Gasteiger partial charge in [0.2, 0.25) is 5.91 Å². The smallest absolute Gasteiger partial charge is 0.323 e. The summed E-state index contributed by atoms with van der Waals surface area (Å²) < 4.78 is 10.7. The molecule has 0 bridgehead atoms. The van der Waals surface area contributed by atoms with E-state index in [0.29, 0.717) is 40.0 Å². The number of rotatable bonds is 7. The number of aromatic amines is 4. The van der Waals surface area contributed by atoms with E-state index in [9.17, 15) is 14.4 Å². The molecule has 15 nitrogen and oxygen atoms in total. The standard InChI is InChI=1S/C22H21N5O3.C20H19N5O2/c1-10-19(11(2)30-27-10)14-6-16(21-18(7-14)25-22(29)26-21)17-8-15(24-12(3)28)9-23-20(17)13-4-5-13;1-9-17(10(2)27-25-9)12-5-14(19-16(6-12)23-20(26)24-19)15-7-13(21)8-22-18(15)11-3-4-11/h6-9,13H,4-5H2,1-3H3,(H,24,28)(H2,25,26,29);5-8,11H,3-4,21H2,1-2H3,(H2,23,24,26). The maximum Gasteiger partial charge on any atom is 0.323 e. The molecule has 0 spiro atoms. The molecule has 0 unspecified atom stereocenters. The van der Waals surface area contributed by atoms with Crippen molar-refractivity contribution >= 4 is 39.3 Å². The minimum absolute atomic E-state index is 0.161. The second-order valence-electron chi connectivity index (χ2n) is 15.0. The molecular weight excluding hydrogens is 725 g/mol. The summed E-state index contributed by atoms with van der Waals surface area (Å²) in [6.45, 7) is 9.02. The number of amides is 1. The van der Waals surface area contributed by atoms with Crippen molar-refractivity contribution in [2.24, 2.45) is 0 Å². The first kappa shape index (κ1) is 35.7. The second kappa shape index (κ2) is 13.6. The number of benzene rings is 2. The predicted octanol–water partition coefficient (Wildman–Crippen LogP) is 7.68. The molecule has 2 aliphatic rings. The number of aryl methyl sites for hydroxylation is 4. The summed E-state index contributed by atoms with van der Waals surface area (Å²) in [7, 11) is 0. The number of hydrogen-bond acceptors (Lipinski definition) is 10. The number of imidazole rings is 2. The van der Waals surface area contributed by atoms with E-state index in [-0.39, 0.29) is 17.3 Å². The number of H-pyrrole nitrogens is 4. The monoisotopic (exact) mass is 764 g/mol. The zero-order valence-corrected chi connectivity index (χ0v) is 32.0. The van der Waals surface area contributed by atoms with Crippen LogP contribution in [0.15, 0.2) is 67.4 Å². The van der Waals surface area contributed by atoms with Gasteiger partial charge in [0, 0.05) is 52.1 Å². The van der Waals surface area contributed by atoms with Gasteiger partial charge in [0.05, 0.1) is 68.6 Å². The Labute approximate surface area is 324 Å². The summed E-state index contributed by atoms with van der Waals surface area (Å²) in [4.78, 5) is 56.6. The van der Waals surface area contributed by atoms with Crippen LogP contribution in [0.1, 0.15) is 78.7 Å². The van der Waals surface area contributed by atoms with Crippen LogP contribution in [0.2, 0.25) is 0 Å². The molecule has 0 radical (unpaired) electrons. The van der Waals surface area contributed by atoms with E-state index >= 15 is 0 Å². The molecule has 8 aromatic rings. The van der Waals surface area contributed by atoms with Crippen molar-refractivity contribution in [2.75, 3.05) is 11.1 Å². The van der Waals surface area contributed by atoms with E-state index < -0.39 is 0 Å². The molecule has 0 saturated heterocycles. The number of carbonyl (C=O) groups excluding carboxylic acids is 1. The van der Waals surface area contributed by atoms with Crippen LogP contribution < -0.4 is 22.4 Å². The van der Waals surface area contributed by atoms with Crippen LogP contribution in [0, 0.1) is 27.7 Å². The van der Waals surface area contributed by atoms with Crippen LogP contribution in [0.4, 0.5) is 11.4 Å². The molecular formula is C42H40N10O5. The highest BCUT2D eigenvalue weighted by molar-refractivity contribution is 5.99. The van der Waals surface area contributed by atoms with Gasteiger partial charge in [-0.1, -0.05) is 10.3 Å². The van der Waals surface area contributed by atoms with E-state index in [1.54, 1.807) is 12.4 Å². The predicted molar refractivity (Wildman–Crippen MR) is 217 cm³/mol. The third kappa shape index (κ3) is 6.70. The van der Waals surface area contributed by atoms with Gasteiger partial charge in [0.15, 0.2) is 0 Å². The Morgan fingerprint density at radius 1 is 0.667 bits per heavy atom. The highest BCUT2D eigenvalue weighted by Crippen LogP contribution is 2.47. The van der Waals surface area contributed by atoms with Gasteiger partial charge in [-0.25, -0.2) is 9.59 Å². The van der Waals surface area contributed by atoms with Gasteiger partial charge in [-0.15, -0.1) is 0 Å². The van der Waals surface area contributed by atoms with Crippen LogP contribution in [-0.4, -0.2) is 46.1 Å². The van der Waals surface area contributed by atoms with E-state index in [1.165, 1.54) is 6.92 Å². The summed E-state index contributed by atoms with van der Waals surface area (Å²) >= 11 is 0. The first-order chi connectivity index (χ1) is 27.4. The lowest BCUT2D eigenvalue weighted by molar-refractivity contribution is -0.114. The summed E-state index contributed by atoms with van der Waals surface area (Å²) in [5.41, 5.74) is 20.5. The molecule has 10 rings (SSSR count). The Morgan fingerprint density at radius 2 is 1.14 bits per heavy atom. The molecule has 6 aromatic heterocycles. The number of anilines is 2. The van der Waals surface area contributed by atoms with Crippen LogP contribution in [0.25, 0.3) is 66.6 Å². The number of nitrogens with one attached hydrogen (secondary N) is 5. The van der Waals surface area contributed by atoms with Crippen LogP contribution >= 0.6 is 0 Å². The molecule has 6 heterocycles. The number of aromatic nitrogens is 8. The van der Waals surface area contributed by atoms with E-state index in [0.717, 1.165) is 110 Å². The topological polar surface area (TPSA) is 230 Å². The molecule has 2 saturated carbocycles. The van der Waals surface area contributed by atoms with Crippen molar-refractivity contribution in [1.82, 2.24) is 40.2 Å². The van der Waals surface area contributed by atoms with Crippen LogP contribution in [-0.2, 0) is 4.79 Å². The fourth-order valence-electron chi connectivity index (χ4n) is 7.82. The third-order valence-electron chi connectivity index (χ3n) is 10.6. The molecule has 2 aromatic carbocycles. The first-order valence-corrected chi connectivity index (χ1v) is 18.8. The number of nitrogens with zero attached hydrogens (tertiary/aromatic N) is 4. The van der Waals surface area contributed by atoms with Crippen molar-refractivity contribution < 1.29 is 13.8 Å². The van der Waals surface area contributed by atoms with Crippen molar-refractivity contribution in [1.29, 1.82) is 0 Å². The fraction of sp³-hybridized carbons (Fsp3) is 0.262. The quantitative estimate of drug-likeness (QED) is 0.0927. The SMILES string of the molecule is CC(=O)Nc1cnc(C2CC2)c(-c2cc(-c3c(C)noc3C)cc3[nH]c(=O)[nH]c23)c1.Cc1noc(C)c1-c1cc(-c2cc(N)cnc2C2CC2)c2[nH]c(=O)[nH]c2c1. The third-order valence-corrected chi connectivity index (χ3v) is 10.6. The average molecular weight is 765 g/mol. The Hall–Kier alpha value is -7.03. The number of hydrogen-bond donors (Lipinski definition) is 6. The van der Waals surface area contributed by atoms with Gasteiger partial charge in [-0.2, -0.15) is 0 Å². The van der Waals surface area contributed by atoms with Gasteiger partial charge >= 0.3 is 11.4 Å². The summed E-state index contributed by atoms with van der Waals surface area (Å²) in [5, 5.41) is 10.9. The molecule has 15 heteroatoms. The number of pyridine rings is 2. The maximum absolute atomic E-state index is 12.1. The summed E-state index contributed by atoms with van der Waals surface area (Å²) in [6.07, 6.45) is 7.80. The summed E-state index contributed by atoms with van der Waals surface area (Å²) in [6, 6.07) is 11.8. The summed E-state index contributed by atoms with van der Waals surface area (Å²) in [5.74, 6) is 2.12. The highest BCUT2D eigenvalue weighted by Gasteiger charge is 2.31. The van der Waals surface area contributed by atoms with Gasteiger partial charge in [-0.3, -0.25) is 14.8 Å². The van der Waals surface area contributed by atoms with Gasteiger partial charge in [0.25, 0.3) is 0 Å². The molecule has 2 fully saturated rings. The van der Waals surface area contributed by atoms with Crippen molar-refractivity contribution in [2.45, 2.75) is 72.1 Å². The van der Waals surface area contributed by atoms with Gasteiger partial charge < -0.3 is 40.0 Å². The highest BCUT2D eigenvalue weighted by atomic mass is 16.5. The molecule has 57 heavy (non-hydrogen) atoms. The molecule has 7 N–H and O–H groups in total. The number of fused-ring (bicyclic) bond motifs is 2. The lowest BCUT2D eigenvalue weighted by Crippen LogP contribution is -2.07. The Bertz CT molecular complexity index is 2970. The van der Waals surface area contributed by atoms with E-state index in [2.05, 4.69) is 51.6 Å². The zero-order valence-electron chi connectivity index (χ0n) is 32.0. The Kier molecular flexibility index (Phi) is 8.52. The Morgan fingerprint density at radius 3 is 1.58 bits per heavy atom. The number of nitrogens with two attached hydrogens (primary N) is 1. The van der Waals surface area contributed by atoms with Crippen molar-refractivity contribution in [3.8, 4) is 44.5 Å². The minimum atomic E-state index is -0.277. The molecule has 0 atom stereocenters. The largest absolute Gasteiger partial charge is 0.397 e. The van der Waals surface area contributed by atoms with Crippen molar-refractivity contribution in [3.05, 3.63) is 104 Å². The number of carbonyl (C=O) groups is 1. The van der Waals surface area contributed by atoms with Gasteiger partial charge in [0.1, 0.15) is 11.5 Å². The number of nitrogen functional groups attached to an aromatic ring is 1. The molecule has 2 aliphatic carbocycles. The minimum Gasteiger partial charge on any atom is -0.397 e. The van der Waals surface area contributed by atoms with Gasteiger partial charge in [-0.05, 0) is 101 Å². The average Bonchev–Trinajstić information content (AvgIpc) is 4.06. The second-order valence-corrected chi connectivity index (χ2v) is 15.0. The molecule has 0 aliphatic heterocycles. The van der Waals surface area contributed by atoms with E-state index in [4.69, 9.17) is 14.8 Å². The lowest BCUT2D eigenvalue weighted by atomic mass is 9.94. The van der Waals surface area contributed by atoms with E-state index in [1.807, 2.05) is 58.0 Å². The zero-order chi connectivity index (χ0) is 39.7. The Balaban J connectivity index is 0.000000149. The van der Waals surface area contributed by atoms with Crippen LogP contribution in [0.3, 0.4) is 0 Å². The molecule has 288 valence electrons. The lowest BCUT2D eigenvalue weighted by Gasteiger charge is -2.13. The van der Waals surface area contributed by atoms with Crippen LogP contribution in [0.5, 0.6) is 0 Å². The maximum atomic E-state index is 12.1. The van der Waals surface area contributed by atoms with Crippen molar-refractivity contribution in [3.63, 3.8) is 0 Å².